The third kappa shape index (κ3) is 5.27. The number of nitrogens with one attached hydrogen (secondary N) is 3. The van der Waals surface area contributed by atoms with Gasteiger partial charge in [0.05, 0.1) is 11.7 Å². The van der Waals surface area contributed by atoms with Crippen LogP contribution in [0.4, 0.5) is 4.79 Å². The molecular weight excluding hydrogens is 406 g/mol. The fourth-order valence-corrected chi connectivity index (χ4v) is 3.58. The van der Waals surface area contributed by atoms with Gasteiger partial charge in [-0.2, -0.15) is 5.10 Å². The van der Waals surface area contributed by atoms with Gasteiger partial charge in [0, 0.05) is 32.0 Å². The maximum Gasteiger partial charge on any atom is 0.325 e. The molecule has 0 spiro atoms. The van der Waals surface area contributed by atoms with Crippen LogP contribution in [0, 0.1) is 0 Å². The lowest BCUT2D eigenvalue weighted by atomic mass is 9.99. The van der Waals surface area contributed by atoms with Crippen molar-refractivity contribution >= 4 is 17.9 Å². The standard InChI is InChI=1S/C23H33N7O2/c1-5-23(4)20(31)29(22(32)28-23)14-8-12-25-21(24-6-2)27-17(3)18-10-7-11-19(16-18)30-15-9-13-26-30/h7,9-11,13,15-17H,5-6,8,12,14H2,1-4H3,(H,28,32)(H2,24,25,27). The van der Waals surface area contributed by atoms with Crippen LogP contribution in [-0.2, 0) is 4.79 Å². The molecule has 2 heterocycles. The number of aromatic nitrogens is 2. The van der Waals surface area contributed by atoms with E-state index in [2.05, 4.69) is 45.1 Å². The molecule has 1 saturated heterocycles. The van der Waals surface area contributed by atoms with Crippen LogP contribution >= 0.6 is 0 Å². The first-order valence-electron chi connectivity index (χ1n) is 11.2. The number of nitrogens with zero attached hydrogens (tertiary/aromatic N) is 4. The summed E-state index contributed by atoms with van der Waals surface area (Å²) in [7, 11) is 0. The molecule has 0 radical (unpaired) electrons. The van der Waals surface area contributed by atoms with E-state index in [1.165, 1.54) is 4.90 Å². The van der Waals surface area contributed by atoms with E-state index < -0.39 is 5.54 Å². The average Bonchev–Trinajstić information content (AvgIpc) is 3.40. The van der Waals surface area contributed by atoms with E-state index in [1.807, 2.05) is 42.9 Å². The third-order valence-electron chi connectivity index (χ3n) is 5.70. The van der Waals surface area contributed by atoms with Crippen molar-refractivity contribution in [2.24, 2.45) is 4.99 Å². The number of carbonyl (C=O) groups excluding carboxylic acids is 2. The molecule has 9 heteroatoms. The highest BCUT2D eigenvalue weighted by molar-refractivity contribution is 6.06. The van der Waals surface area contributed by atoms with E-state index in [0.29, 0.717) is 31.9 Å². The molecule has 0 aliphatic carbocycles. The Morgan fingerprint density at radius 2 is 2.09 bits per heavy atom. The largest absolute Gasteiger partial charge is 0.357 e. The molecule has 2 unspecified atom stereocenters. The number of imide groups is 1. The summed E-state index contributed by atoms with van der Waals surface area (Å²) in [5.41, 5.74) is 1.31. The van der Waals surface area contributed by atoms with Gasteiger partial charge in [0.25, 0.3) is 5.91 Å². The summed E-state index contributed by atoms with van der Waals surface area (Å²) in [5.74, 6) is 0.532. The molecule has 9 nitrogen and oxygen atoms in total. The van der Waals surface area contributed by atoms with Crippen molar-refractivity contribution in [3.05, 3.63) is 48.3 Å². The predicted octanol–water partition coefficient (Wildman–Crippen LogP) is 2.60. The van der Waals surface area contributed by atoms with E-state index in [9.17, 15) is 9.59 Å². The zero-order chi connectivity index (χ0) is 23.1. The van der Waals surface area contributed by atoms with Crippen molar-refractivity contribution in [1.82, 2.24) is 30.6 Å². The Morgan fingerprint density at radius 3 is 2.75 bits per heavy atom. The first-order valence-corrected chi connectivity index (χ1v) is 11.2. The van der Waals surface area contributed by atoms with Crippen molar-refractivity contribution in [2.45, 2.75) is 52.1 Å². The fraction of sp³-hybridized carbons (Fsp3) is 0.478. The van der Waals surface area contributed by atoms with Crippen molar-refractivity contribution in [3.8, 4) is 5.69 Å². The highest BCUT2D eigenvalue weighted by Gasteiger charge is 2.45. The van der Waals surface area contributed by atoms with E-state index in [1.54, 1.807) is 13.1 Å². The van der Waals surface area contributed by atoms with Crippen molar-refractivity contribution in [3.63, 3.8) is 0 Å². The molecule has 3 N–H and O–H groups in total. The first-order chi connectivity index (χ1) is 15.4. The highest BCUT2D eigenvalue weighted by atomic mass is 16.2. The number of guanidine groups is 1. The quantitative estimate of drug-likeness (QED) is 0.241. The molecule has 3 amide bonds. The van der Waals surface area contributed by atoms with Gasteiger partial charge in [0.2, 0.25) is 0 Å². The SMILES string of the molecule is CCNC(=NCCCN1C(=O)NC(C)(CC)C1=O)NC(C)c1cccc(-n2cccn2)c1. The summed E-state index contributed by atoms with van der Waals surface area (Å²) in [6.45, 7) is 9.33. The molecule has 0 saturated carbocycles. The zero-order valence-corrected chi connectivity index (χ0v) is 19.3. The number of amides is 3. The summed E-state index contributed by atoms with van der Waals surface area (Å²) in [4.78, 5) is 30.5. The lowest BCUT2D eigenvalue weighted by Gasteiger charge is -2.20. The minimum atomic E-state index is -0.795. The van der Waals surface area contributed by atoms with E-state index in [4.69, 9.17) is 0 Å². The zero-order valence-electron chi connectivity index (χ0n) is 19.3. The fourth-order valence-electron chi connectivity index (χ4n) is 3.58. The second-order valence-electron chi connectivity index (χ2n) is 8.10. The van der Waals surface area contributed by atoms with Gasteiger partial charge >= 0.3 is 6.03 Å². The number of benzene rings is 1. The third-order valence-corrected chi connectivity index (χ3v) is 5.70. The highest BCUT2D eigenvalue weighted by Crippen LogP contribution is 2.21. The Labute approximate surface area is 189 Å². The second kappa shape index (κ2) is 10.3. The predicted molar refractivity (Wildman–Crippen MR) is 125 cm³/mol. The maximum absolute atomic E-state index is 12.5. The average molecular weight is 440 g/mol. The minimum Gasteiger partial charge on any atom is -0.357 e. The van der Waals surface area contributed by atoms with Crippen LogP contribution in [0.3, 0.4) is 0 Å². The summed E-state index contributed by atoms with van der Waals surface area (Å²) < 4.78 is 1.83. The molecule has 2 aromatic rings. The van der Waals surface area contributed by atoms with Crippen molar-refractivity contribution in [1.29, 1.82) is 0 Å². The number of hydrogen-bond acceptors (Lipinski definition) is 4. The Kier molecular flexibility index (Phi) is 7.50. The Hall–Kier alpha value is -3.36. The monoisotopic (exact) mass is 439 g/mol. The Balaban J connectivity index is 1.58. The molecule has 3 rings (SSSR count). The number of urea groups is 1. The molecule has 1 aromatic heterocycles. The molecule has 1 aliphatic rings. The first kappa shape index (κ1) is 23.3. The summed E-state index contributed by atoms with van der Waals surface area (Å²) in [5, 5.41) is 13.7. The Bertz CT molecular complexity index is 957. The van der Waals surface area contributed by atoms with Gasteiger partial charge in [0.1, 0.15) is 5.54 Å². The number of rotatable bonds is 9. The summed E-state index contributed by atoms with van der Waals surface area (Å²) in [6, 6.07) is 9.79. The van der Waals surface area contributed by atoms with Crippen LogP contribution in [-0.4, -0.2) is 57.8 Å². The molecule has 1 fully saturated rings. The Morgan fingerprint density at radius 1 is 1.28 bits per heavy atom. The van der Waals surface area contributed by atoms with E-state index >= 15 is 0 Å². The summed E-state index contributed by atoms with van der Waals surface area (Å²) >= 11 is 0. The van der Waals surface area contributed by atoms with Crippen molar-refractivity contribution < 1.29 is 9.59 Å². The molecule has 32 heavy (non-hydrogen) atoms. The van der Waals surface area contributed by atoms with Gasteiger partial charge in [-0.15, -0.1) is 0 Å². The van der Waals surface area contributed by atoms with Gasteiger partial charge in [0.15, 0.2) is 5.96 Å². The second-order valence-corrected chi connectivity index (χ2v) is 8.10. The number of carbonyl (C=O) groups is 2. The normalized spacial score (nSPS) is 19.8. The maximum atomic E-state index is 12.5. The summed E-state index contributed by atoms with van der Waals surface area (Å²) in [6.07, 6.45) is 4.84. The molecule has 2 atom stereocenters. The van der Waals surface area contributed by atoms with Crippen molar-refractivity contribution in [2.75, 3.05) is 19.6 Å². The van der Waals surface area contributed by atoms with E-state index in [-0.39, 0.29) is 18.0 Å². The number of aliphatic imine (C=N–C) groups is 1. The van der Waals surface area contributed by atoms with Crippen LogP contribution in [0.1, 0.15) is 52.1 Å². The number of hydrogen-bond donors (Lipinski definition) is 3. The minimum absolute atomic E-state index is 0.0273. The van der Waals surface area contributed by atoms with Gasteiger partial charge in [-0.3, -0.25) is 14.7 Å². The lowest BCUT2D eigenvalue weighted by Crippen LogP contribution is -2.43. The smallest absolute Gasteiger partial charge is 0.325 e. The van der Waals surface area contributed by atoms with Gasteiger partial charge in [-0.05, 0) is 57.4 Å². The van der Waals surface area contributed by atoms with Gasteiger partial charge in [-0.1, -0.05) is 19.1 Å². The molecule has 0 bridgehead atoms. The molecular formula is C23H33N7O2. The molecule has 1 aliphatic heterocycles. The van der Waals surface area contributed by atoms with Gasteiger partial charge in [-0.25, -0.2) is 9.48 Å². The van der Waals surface area contributed by atoms with E-state index in [0.717, 1.165) is 17.8 Å². The molecule has 1 aromatic carbocycles. The lowest BCUT2D eigenvalue weighted by molar-refractivity contribution is -0.130. The van der Waals surface area contributed by atoms with Crippen LogP contribution in [0.2, 0.25) is 0 Å². The van der Waals surface area contributed by atoms with Crippen LogP contribution in [0.15, 0.2) is 47.7 Å². The van der Waals surface area contributed by atoms with Gasteiger partial charge < -0.3 is 16.0 Å². The topological polar surface area (TPSA) is 104 Å². The molecule has 172 valence electrons. The van der Waals surface area contributed by atoms with Crippen LogP contribution in [0.25, 0.3) is 5.69 Å². The van der Waals surface area contributed by atoms with Crippen LogP contribution in [0.5, 0.6) is 0 Å². The van der Waals surface area contributed by atoms with Crippen LogP contribution < -0.4 is 16.0 Å².